The molecule has 8 heteroatoms. The van der Waals surface area contributed by atoms with E-state index in [1.807, 2.05) is 24.3 Å². The third-order valence-corrected chi connectivity index (χ3v) is 7.65. The summed E-state index contributed by atoms with van der Waals surface area (Å²) in [5.41, 5.74) is 3.95. The van der Waals surface area contributed by atoms with Crippen LogP contribution in [0.15, 0.2) is 65.6 Å². The molecule has 1 aliphatic heterocycles. The predicted molar refractivity (Wildman–Crippen MR) is 127 cm³/mol. The SMILES string of the molecule is COc1ccc(S(=O)(=O)NC2CCN(C(=O)c3ccc(-n4c(C)ccc4C)cc3)CC2)cc1. The van der Waals surface area contributed by atoms with Gasteiger partial charge in [-0.1, -0.05) is 0 Å². The van der Waals surface area contributed by atoms with Crippen molar-refractivity contribution < 1.29 is 17.9 Å². The fourth-order valence-electron chi connectivity index (χ4n) is 4.25. The molecule has 0 radical (unpaired) electrons. The number of nitrogens with zero attached hydrogens (tertiary/aromatic N) is 2. The fourth-order valence-corrected chi connectivity index (χ4v) is 5.56. The minimum Gasteiger partial charge on any atom is -0.497 e. The van der Waals surface area contributed by atoms with Crippen LogP contribution in [0, 0.1) is 13.8 Å². The second kappa shape index (κ2) is 9.41. The van der Waals surface area contributed by atoms with Crippen LogP contribution in [0.3, 0.4) is 0 Å². The van der Waals surface area contributed by atoms with Gasteiger partial charge in [0.15, 0.2) is 0 Å². The maximum absolute atomic E-state index is 13.0. The van der Waals surface area contributed by atoms with Crippen molar-refractivity contribution in [2.75, 3.05) is 20.2 Å². The van der Waals surface area contributed by atoms with Crippen LogP contribution in [0.2, 0.25) is 0 Å². The van der Waals surface area contributed by atoms with Gasteiger partial charge in [0.05, 0.1) is 12.0 Å². The highest BCUT2D eigenvalue weighted by Gasteiger charge is 2.27. The first kappa shape index (κ1) is 23.1. The number of carbonyl (C=O) groups is 1. The summed E-state index contributed by atoms with van der Waals surface area (Å²) in [6.45, 7) is 5.12. The fraction of sp³-hybridized carbons (Fsp3) is 0.320. The van der Waals surface area contributed by atoms with E-state index in [-0.39, 0.29) is 16.8 Å². The number of hydrogen-bond acceptors (Lipinski definition) is 4. The summed E-state index contributed by atoms with van der Waals surface area (Å²) in [6.07, 6.45) is 1.14. The molecule has 0 atom stereocenters. The highest BCUT2D eigenvalue weighted by molar-refractivity contribution is 7.89. The monoisotopic (exact) mass is 467 g/mol. The molecule has 2 aromatic carbocycles. The average Bonchev–Trinajstić information content (AvgIpc) is 3.17. The van der Waals surface area contributed by atoms with E-state index in [1.54, 1.807) is 17.0 Å². The summed E-state index contributed by atoms with van der Waals surface area (Å²) in [5, 5.41) is 0. The number of methoxy groups -OCH3 is 1. The van der Waals surface area contributed by atoms with E-state index >= 15 is 0 Å². The van der Waals surface area contributed by atoms with Crippen LogP contribution in [-0.2, 0) is 10.0 Å². The van der Waals surface area contributed by atoms with Crippen molar-refractivity contribution in [3.05, 3.63) is 77.6 Å². The maximum atomic E-state index is 13.0. The topological polar surface area (TPSA) is 80.6 Å². The highest BCUT2D eigenvalue weighted by atomic mass is 32.2. The van der Waals surface area contributed by atoms with Gasteiger partial charge < -0.3 is 14.2 Å². The van der Waals surface area contributed by atoms with E-state index in [9.17, 15) is 13.2 Å². The van der Waals surface area contributed by atoms with Gasteiger partial charge in [-0.25, -0.2) is 13.1 Å². The van der Waals surface area contributed by atoms with Crippen molar-refractivity contribution >= 4 is 15.9 Å². The summed E-state index contributed by atoms with van der Waals surface area (Å²) in [7, 11) is -2.08. The van der Waals surface area contributed by atoms with Crippen molar-refractivity contribution in [3.63, 3.8) is 0 Å². The zero-order valence-corrected chi connectivity index (χ0v) is 19.9. The molecular weight excluding hydrogens is 438 g/mol. The maximum Gasteiger partial charge on any atom is 0.253 e. The molecule has 7 nitrogen and oxygen atoms in total. The summed E-state index contributed by atoms with van der Waals surface area (Å²) >= 11 is 0. The lowest BCUT2D eigenvalue weighted by atomic mass is 10.0. The lowest BCUT2D eigenvalue weighted by molar-refractivity contribution is 0.0711. The molecule has 0 aliphatic carbocycles. The van der Waals surface area contributed by atoms with E-state index in [4.69, 9.17) is 4.74 Å². The molecule has 0 bridgehead atoms. The number of carbonyl (C=O) groups excluding carboxylic acids is 1. The van der Waals surface area contributed by atoms with Crippen LogP contribution in [0.25, 0.3) is 5.69 Å². The first-order valence-corrected chi connectivity index (χ1v) is 12.5. The number of piperidine rings is 1. The van der Waals surface area contributed by atoms with Gasteiger partial charge in [0, 0.05) is 41.8 Å². The number of amides is 1. The summed E-state index contributed by atoms with van der Waals surface area (Å²) in [6, 6.07) is 17.9. The summed E-state index contributed by atoms with van der Waals surface area (Å²) in [5.74, 6) is 0.575. The van der Waals surface area contributed by atoms with Crippen LogP contribution in [0.1, 0.15) is 34.6 Å². The molecule has 174 valence electrons. The standard InChI is InChI=1S/C25H29N3O4S/c1-18-4-5-19(2)28(18)22-8-6-20(7-9-22)25(29)27-16-14-21(15-17-27)26-33(30,31)24-12-10-23(32-3)11-13-24/h4-13,21,26H,14-17H2,1-3H3. The average molecular weight is 468 g/mol. The second-order valence-electron chi connectivity index (χ2n) is 8.36. The molecule has 1 N–H and O–H groups in total. The smallest absolute Gasteiger partial charge is 0.253 e. The molecule has 2 heterocycles. The molecule has 0 spiro atoms. The van der Waals surface area contributed by atoms with Crippen molar-refractivity contribution in [3.8, 4) is 11.4 Å². The van der Waals surface area contributed by atoms with Gasteiger partial charge in [-0.05, 0) is 87.4 Å². The van der Waals surface area contributed by atoms with Crippen LogP contribution in [0.4, 0.5) is 0 Å². The molecule has 1 amide bonds. The first-order valence-electron chi connectivity index (χ1n) is 11.0. The molecular formula is C25H29N3O4S. The second-order valence-corrected chi connectivity index (χ2v) is 10.1. The van der Waals surface area contributed by atoms with Gasteiger partial charge in [-0.3, -0.25) is 4.79 Å². The van der Waals surface area contributed by atoms with Crippen LogP contribution in [0.5, 0.6) is 5.75 Å². The predicted octanol–water partition coefficient (Wildman–Crippen LogP) is 3.69. The Labute approximate surface area is 195 Å². The largest absolute Gasteiger partial charge is 0.497 e. The number of rotatable bonds is 6. The first-order chi connectivity index (χ1) is 15.8. The van der Waals surface area contributed by atoms with Crippen molar-refractivity contribution in [2.45, 2.75) is 37.6 Å². The van der Waals surface area contributed by atoms with Crippen LogP contribution in [-0.4, -0.2) is 50.0 Å². The van der Waals surface area contributed by atoms with Gasteiger partial charge in [0.2, 0.25) is 10.0 Å². The molecule has 4 rings (SSSR count). The number of ether oxygens (including phenoxy) is 1. The van der Waals surface area contributed by atoms with Crippen LogP contribution >= 0.6 is 0 Å². The Morgan fingerprint density at radius 1 is 0.909 bits per heavy atom. The van der Waals surface area contributed by atoms with Crippen molar-refractivity contribution in [1.82, 2.24) is 14.2 Å². The van der Waals surface area contributed by atoms with Crippen LogP contribution < -0.4 is 9.46 Å². The molecule has 1 aliphatic rings. The van der Waals surface area contributed by atoms with E-state index in [2.05, 4.69) is 35.3 Å². The molecule has 0 saturated carbocycles. The van der Waals surface area contributed by atoms with E-state index < -0.39 is 10.0 Å². The molecule has 0 unspecified atom stereocenters. The zero-order valence-electron chi connectivity index (χ0n) is 19.1. The Bertz CT molecular complexity index is 1200. The zero-order chi connectivity index (χ0) is 23.6. The van der Waals surface area contributed by atoms with Gasteiger partial charge in [0.1, 0.15) is 5.75 Å². The van der Waals surface area contributed by atoms with Gasteiger partial charge in [-0.2, -0.15) is 0 Å². The molecule has 1 aromatic heterocycles. The van der Waals surface area contributed by atoms with E-state index in [1.165, 1.54) is 19.2 Å². The molecule has 1 saturated heterocycles. The Balaban J connectivity index is 1.36. The number of benzene rings is 2. The number of hydrogen-bond donors (Lipinski definition) is 1. The van der Waals surface area contributed by atoms with E-state index in [0.717, 1.165) is 17.1 Å². The van der Waals surface area contributed by atoms with Crippen molar-refractivity contribution in [1.29, 1.82) is 0 Å². The summed E-state index contributed by atoms with van der Waals surface area (Å²) < 4.78 is 35.4. The van der Waals surface area contributed by atoms with Crippen molar-refractivity contribution in [2.24, 2.45) is 0 Å². The number of nitrogens with one attached hydrogen (secondary N) is 1. The number of aromatic nitrogens is 1. The third-order valence-electron chi connectivity index (χ3n) is 6.12. The quantitative estimate of drug-likeness (QED) is 0.600. The third kappa shape index (κ3) is 4.96. The Hall–Kier alpha value is -3.10. The molecule has 1 fully saturated rings. The minimum atomic E-state index is -3.62. The Kier molecular flexibility index (Phi) is 6.58. The van der Waals surface area contributed by atoms with Gasteiger partial charge >= 0.3 is 0 Å². The Morgan fingerprint density at radius 3 is 2.03 bits per heavy atom. The number of likely N-dealkylation sites (tertiary alicyclic amines) is 1. The molecule has 33 heavy (non-hydrogen) atoms. The van der Waals surface area contributed by atoms with Gasteiger partial charge in [0.25, 0.3) is 5.91 Å². The normalized spacial score (nSPS) is 14.9. The lowest BCUT2D eigenvalue weighted by Gasteiger charge is -2.32. The summed E-state index contributed by atoms with van der Waals surface area (Å²) in [4.78, 5) is 15.0. The number of sulfonamides is 1. The van der Waals surface area contributed by atoms with Gasteiger partial charge in [-0.15, -0.1) is 0 Å². The Morgan fingerprint density at radius 2 is 1.48 bits per heavy atom. The minimum absolute atomic E-state index is 0.0287. The number of aryl methyl sites for hydroxylation is 2. The molecule has 3 aromatic rings. The van der Waals surface area contributed by atoms with E-state index in [0.29, 0.717) is 37.2 Å². The lowest BCUT2D eigenvalue weighted by Crippen LogP contribution is -2.46. The highest BCUT2D eigenvalue weighted by Crippen LogP contribution is 2.21.